The number of sulfonamides is 1. The van der Waals surface area contributed by atoms with Crippen molar-refractivity contribution in [3.63, 3.8) is 0 Å². The third-order valence-corrected chi connectivity index (χ3v) is 7.17. The summed E-state index contributed by atoms with van der Waals surface area (Å²) in [6.07, 6.45) is 5.57. The van der Waals surface area contributed by atoms with E-state index in [1.54, 1.807) is 6.07 Å². The highest BCUT2D eigenvalue weighted by molar-refractivity contribution is 7.92. The number of hydrogen-bond donors (Lipinski definition) is 4. The molecule has 1 amide bonds. The minimum Gasteiger partial charge on any atom is -0.497 e. The number of methoxy groups -OCH3 is 3. The Balaban J connectivity index is 1.74. The average molecular weight is 523 g/mol. The molecule has 4 N–H and O–H groups in total. The van der Waals surface area contributed by atoms with Crippen molar-refractivity contribution in [3.8, 4) is 17.2 Å². The van der Waals surface area contributed by atoms with Gasteiger partial charge in [-0.25, -0.2) is 8.42 Å². The van der Waals surface area contributed by atoms with Crippen LogP contribution in [-0.2, 0) is 10.0 Å². The van der Waals surface area contributed by atoms with Crippen LogP contribution in [0.1, 0.15) is 42.5 Å². The molecule has 0 unspecified atom stereocenters. The molecular weight excluding hydrogens is 492 g/mol. The van der Waals surface area contributed by atoms with E-state index in [4.69, 9.17) is 26.4 Å². The number of rotatable bonds is 8. The van der Waals surface area contributed by atoms with E-state index in [2.05, 4.69) is 20.9 Å². The summed E-state index contributed by atoms with van der Waals surface area (Å²) in [5, 5.41) is 3.49. The van der Waals surface area contributed by atoms with E-state index in [-0.39, 0.29) is 27.9 Å². The predicted molar refractivity (Wildman–Crippen MR) is 137 cm³/mol. The number of thiocarbonyl (C=S) groups is 1. The Morgan fingerprint density at radius 3 is 2.17 bits per heavy atom. The lowest BCUT2D eigenvalue weighted by Gasteiger charge is -2.24. The Morgan fingerprint density at radius 2 is 1.57 bits per heavy atom. The van der Waals surface area contributed by atoms with Gasteiger partial charge >= 0.3 is 0 Å². The normalized spacial score (nSPS) is 13.9. The third kappa shape index (κ3) is 7.12. The summed E-state index contributed by atoms with van der Waals surface area (Å²) in [5.41, 5.74) is 5.50. The van der Waals surface area contributed by atoms with Gasteiger partial charge in [0.25, 0.3) is 15.9 Å². The van der Waals surface area contributed by atoms with Crippen molar-refractivity contribution in [2.24, 2.45) is 0 Å². The van der Waals surface area contributed by atoms with Crippen LogP contribution < -0.4 is 35.1 Å². The summed E-state index contributed by atoms with van der Waals surface area (Å²) < 4.78 is 44.5. The number of nitrogens with one attached hydrogen (secondary N) is 4. The number of amides is 1. The molecule has 1 aliphatic carbocycles. The molecule has 0 heterocycles. The van der Waals surface area contributed by atoms with E-state index in [1.807, 2.05) is 0 Å². The lowest BCUT2D eigenvalue weighted by molar-refractivity contribution is 0.0943. The minimum atomic E-state index is -4.14. The fourth-order valence-electron chi connectivity index (χ4n) is 3.76. The number of ether oxygens (including phenoxy) is 3. The highest BCUT2D eigenvalue weighted by Crippen LogP contribution is 2.30. The summed E-state index contributed by atoms with van der Waals surface area (Å²) in [7, 11) is 0.131. The van der Waals surface area contributed by atoms with Gasteiger partial charge in [-0.2, -0.15) is 0 Å². The molecule has 2 aromatic rings. The number of hydrazine groups is 1. The third-order valence-electron chi connectivity index (χ3n) is 5.55. The van der Waals surface area contributed by atoms with Gasteiger partial charge in [0.15, 0.2) is 5.11 Å². The average Bonchev–Trinajstić information content (AvgIpc) is 2.86. The largest absolute Gasteiger partial charge is 0.497 e. The van der Waals surface area contributed by atoms with Crippen LogP contribution in [0.5, 0.6) is 17.2 Å². The number of hydrogen-bond acceptors (Lipinski definition) is 7. The second kappa shape index (κ2) is 11.9. The van der Waals surface area contributed by atoms with Gasteiger partial charge in [0.05, 0.1) is 27.0 Å². The molecule has 2 aromatic carbocycles. The van der Waals surface area contributed by atoms with Crippen molar-refractivity contribution >= 4 is 38.9 Å². The highest BCUT2D eigenvalue weighted by atomic mass is 32.2. The van der Waals surface area contributed by atoms with Gasteiger partial charge in [-0.05, 0) is 43.3 Å². The van der Waals surface area contributed by atoms with Crippen LogP contribution in [0.25, 0.3) is 0 Å². The Labute approximate surface area is 210 Å². The Bertz CT molecular complexity index is 1140. The molecule has 0 spiro atoms. The number of anilines is 1. The molecule has 1 aliphatic rings. The van der Waals surface area contributed by atoms with Crippen molar-refractivity contribution in [2.45, 2.75) is 43.0 Å². The number of carbonyl (C=O) groups excluding carboxylic acids is 1. The molecule has 0 bridgehead atoms. The molecule has 35 heavy (non-hydrogen) atoms. The quantitative estimate of drug-likeness (QED) is 0.306. The summed E-state index contributed by atoms with van der Waals surface area (Å²) in [5.74, 6) is 0.336. The Morgan fingerprint density at radius 1 is 0.914 bits per heavy atom. The van der Waals surface area contributed by atoms with Crippen LogP contribution >= 0.6 is 12.2 Å². The molecule has 0 radical (unpaired) electrons. The van der Waals surface area contributed by atoms with Crippen LogP contribution in [0, 0.1) is 0 Å². The molecule has 0 atom stereocenters. The molecule has 0 aliphatic heterocycles. The molecule has 12 heteroatoms. The second-order valence-electron chi connectivity index (χ2n) is 7.96. The van der Waals surface area contributed by atoms with E-state index in [0.717, 1.165) is 25.7 Å². The topological polar surface area (TPSA) is 127 Å². The summed E-state index contributed by atoms with van der Waals surface area (Å²) in [6, 6.07) is 9.01. The second-order valence-corrected chi connectivity index (χ2v) is 10.0. The Kier molecular flexibility index (Phi) is 8.99. The van der Waals surface area contributed by atoms with E-state index in [0.29, 0.717) is 16.6 Å². The van der Waals surface area contributed by atoms with Crippen molar-refractivity contribution in [1.82, 2.24) is 16.2 Å². The molecule has 10 nitrogen and oxygen atoms in total. The monoisotopic (exact) mass is 522 g/mol. The van der Waals surface area contributed by atoms with E-state index in [1.165, 1.54) is 58.1 Å². The maximum Gasteiger partial charge on any atom is 0.269 e. The highest BCUT2D eigenvalue weighted by Gasteiger charge is 2.23. The predicted octanol–water partition coefficient (Wildman–Crippen LogP) is 2.95. The van der Waals surface area contributed by atoms with Crippen molar-refractivity contribution in [3.05, 3.63) is 42.0 Å². The molecule has 0 saturated heterocycles. The van der Waals surface area contributed by atoms with Gasteiger partial charge in [-0.1, -0.05) is 19.3 Å². The zero-order valence-electron chi connectivity index (χ0n) is 19.8. The van der Waals surface area contributed by atoms with Crippen molar-refractivity contribution in [1.29, 1.82) is 0 Å². The summed E-state index contributed by atoms with van der Waals surface area (Å²) >= 11 is 5.26. The molecule has 190 valence electrons. The summed E-state index contributed by atoms with van der Waals surface area (Å²) in [6.45, 7) is 0. The van der Waals surface area contributed by atoms with Crippen LogP contribution in [0.4, 0.5) is 5.69 Å². The fraction of sp³-hybridized carbons (Fsp3) is 0.391. The number of carbonyl (C=O) groups is 1. The van der Waals surface area contributed by atoms with E-state index in [9.17, 15) is 13.2 Å². The van der Waals surface area contributed by atoms with Crippen molar-refractivity contribution in [2.75, 3.05) is 26.1 Å². The zero-order chi connectivity index (χ0) is 25.4. The van der Waals surface area contributed by atoms with Crippen LogP contribution in [0.2, 0.25) is 0 Å². The maximum atomic E-state index is 13.2. The van der Waals surface area contributed by atoms with Gasteiger partial charge in [-0.3, -0.25) is 20.4 Å². The van der Waals surface area contributed by atoms with Crippen LogP contribution in [0.15, 0.2) is 41.3 Å². The fourth-order valence-corrected chi connectivity index (χ4v) is 5.21. The van der Waals surface area contributed by atoms with E-state index < -0.39 is 15.9 Å². The maximum absolute atomic E-state index is 13.2. The molecule has 1 fully saturated rings. The molecule has 3 rings (SSSR count). The molecule has 1 saturated carbocycles. The zero-order valence-corrected chi connectivity index (χ0v) is 21.5. The van der Waals surface area contributed by atoms with Crippen LogP contribution in [0.3, 0.4) is 0 Å². The van der Waals surface area contributed by atoms with Gasteiger partial charge in [-0.15, -0.1) is 0 Å². The SMILES string of the molecule is COc1cc(NS(=O)(=O)c2cc(C(=O)NNC(=S)NC3CCCCC3)ccc2OC)cc(OC)c1. The van der Waals surface area contributed by atoms with Crippen LogP contribution in [-0.4, -0.2) is 46.8 Å². The first kappa shape index (κ1) is 26.4. The Hall–Kier alpha value is -3.25. The number of benzene rings is 2. The molecular formula is C23H30N4O6S2. The summed E-state index contributed by atoms with van der Waals surface area (Å²) in [4.78, 5) is 12.5. The lowest BCUT2D eigenvalue weighted by atomic mass is 9.96. The van der Waals surface area contributed by atoms with Gasteiger partial charge in [0.1, 0.15) is 22.1 Å². The first-order valence-corrected chi connectivity index (χ1v) is 13.0. The first-order chi connectivity index (χ1) is 16.7. The smallest absolute Gasteiger partial charge is 0.269 e. The first-order valence-electron chi connectivity index (χ1n) is 11.1. The van der Waals surface area contributed by atoms with Gasteiger partial charge in [0.2, 0.25) is 0 Å². The standard InChI is InChI=1S/C23H30N4O6S2/c1-31-18-12-17(13-19(14-18)32-2)27-35(29,30)21-11-15(9-10-20(21)33-3)22(28)25-26-23(34)24-16-7-5-4-6-8-16/h9-14,16,27H,4-8H2,1-3H3,(H,25,28)(H2,24,26,34). The minimum absolute atomic E-state index is 0.0753. The lowest BCUT2D eigenvalue weighted by Crippen LogP contribution is -2.50. The van der Waals surface area contributed by atoms with Gasteiger partial charge in [0, 0.05) is 29.8 Å². The van der Waals surface area contributed by atoms with Crippen molar-refractivity contribution < 1.29 is 27.4 Å². The van der Waals surface area contributed by atoms with Gasteiger partial charge < -0.3 is 19.5 Å². The molecule has 0 aromatic heterocycles. The van der Waals surface area contributed by atoms with E-state index >= 15 is 0 Å².